The van der Waals surface area contributed by atoms with Crippen LogP contribution in [0.3, 0.4) is 0 Å². The second-order valence-electron chi connectivity index (χ2n) is 7.31. The van der Waals surface area contributed by atoms with E-state index in [-0.39, 0.29) is 0 Å². The Morgan fingerprint density at radius 2 is 1.63 bits per heavy atom. The monoisotopic (exact) mass is 501 g/mol. The Morgan fingerprint density at radius 1 is 0.971 bits per heavy atom. The molecule has 1 atom stereocenters. The molecule has 13 heteroatoms. The normalized spacial score (nSPS) is 13.1. The van der Waals surface area contributed by atoms with Crippen molar-refractivity contribution in [3.8, 4) is 16.9 Å². The Hall–Kier alpha value is -3.87. The van der Waals surface area contributed by atoms with Gasteiger partial charge in [-0.2, -0.15) is 13.9 Å². The summed E-state index contributed by atoms with van der Waals surface area (Å²) in [5.74, 6) is 2.28. The highest BCUT2D eigenvalue weighted by Gasteiger charge is 2.45. The number of halogens is 7. The average molecular weight is 501 g/mol. The molecule has 0 spiro atoms. The number of benzene rings is 2. The summed E-state index contributed by atoms with van der Waals surface area (Å²) in [5.41, 5.74) is -0.549. The minimum atomic E-state index is -4.86. The summed E-state index contributed by atoms with van der Waals surface area (Å²) in [6.45, 7) is -0.652. The largest absolute Gasteiger partial charge is 0.573 e. The van der Waals surface area contributed by atoms with E-state index in [9.17, 15) is 22.0 Å². The number of hydrogen-bond donors (Lipinski definition) is 2. The summed E-state index contributed by atoms with van der Waals surface area (Å²) in [4.78, 5) is 3.78. The number of nitrogens with zero attached hydrogens (tertiary/aromatic N) is 3. The molecule has 35 heavy (non-hydrogen) atoms. The zero-order chi connectivity index (χ0) is 25.8. The van der Waals surface area contributed by atoms with E-state index in [1.165, 1.54) is 18.2 Å². The molecular weight excluding hydrogens is 483 g/mol. The summed E-state index contributed by atoms with van der Waals surface area (Å²) in [6, 6.07) is 9.17. The highest BCUT2D eigenvalue weighted by atomic mass is 19.4. The molecule has 0 radical (unpaired) electrons. The molecule has 3 aromatic rings. The van der Waals surface area contributed by atoms with Gasteiger partial charge in [0.25, 0.3) is 5.92 Å². The van der Waals surface area contributed by atoms with Crippen molar-refractivity contribution in [3.63, 3.8) is 0 Å². The van der Waals surface area contributed by atoms with Gasteiger partial charge in [0.2, 0.25) is 0 Å². The molecule has 6 nitrogen and oxygen atoms in total. The third-order valence-corrected chi connectivity index (χ3v) is 4.91. The fourth-order valence-electron chi connectivity index (χ4n) is 3.33. The van der Waals surface area contributed by atoms with Crippen LogP contribution >= 0.6 is 0 Å². The molecule has 186 valence electrons. The summed E-state index contributed by atoms with van der Waals surface area (Å²) in [6.07, 6.45) is -2.92. The Morgan fingerprint density at radius 3 is 2.17 bits per heavy atom. The molecule has 1 unspecified atom stereocenters. The van der Waals surface area contributed by atoms with Gasteiger partial charge in [0.1, 0.15) is 29.4 Å². The molecule has 0 aliphatic heterocycles. The fraction of sp³-hybridized carbons (Fsp3) is 0.182. The van der Waals surface area contributed by atoms with Gasteiger partial charge in [-0.25, -0.2) is 14.6 Å². The minimum Gasteiger partial charge on any atom is -0.406 e. The molecular formula is C22H18F7N5O. The van der Waals surface area contributed by atoms with Crippen LogP contribution in [-0.2, 0) is 5.92 Å². The van der Waals surface area contributed by atoms with Crippen LogP contribution in [0, 0.1) is 11.6 Å². The third kappa shape index (κ3) is 6.38. The fourth-order valence-corrected chi connectivity index (χ4v) is 3.33. The Labute approximate surface area is 194 Å². The van der Waals surface area contributed by atoms with Gasteiger partial charge in [0.15, 0.2) is 0 Å². The highest BCUT2D eigenvalue weighted by Crippen LogP contribution is 2.43. The lowest BCUT2D eigenvalue weighted by atomic mass is 9.89. The SMILES string of the molecule is N/N=C\N(N)CC(c1ccc(F)cc1F)C(F)(F)c1ccc(-c2ccc(OC(F)(F)F)cc2)cn1. The van der Waals surface area contributed by atoms with Gasteiger partial charge in [0.05, 0.1) is 5.92 Å². The smallest absolute Gasteiger partial charge is 0.406 e. The maximum Gasteiger partial charge on any atom is 0.573 e. The molecule has 0 aliphatic rings. The first kappa shape index (κ1) is 25.7. The lowest BCUT2D eigenvalue weighted by Gasteiger charge is -2.29. The van der Waals surface area contributed by atoms with Crippen molar-refractivity contribution in [2.75, 3.05) is 6.54 Å². The van der Waals surface area contributed by atoms with Gasteiger partial charge < -0.3 is 10.6 Å². The number of aromatic nitrogens is 1. The van der Waals surface area contributed by atoms with Crippen molar-refractivity contribution in [2.24, 2.45) is 16.8 Å². The van der Waals surface area contributed by atoms with Crippen LogP contribution in [0.4, 0.5) is 30.7 Å². The molecule has 0 fully saturated rings. The van der Waals surface area contributed by atoms with E-state index in [2.05, 4.69) is 14.8 Å². The zero-order valence-electron chi connectivity index (χ0n) is 17.7. The number of hydrazine groups is 1. The highest BCUT2D eigenvalue weighted by molar-refractivity contribution is 5.63. The lowest BCUT2D eigenvalue weighted by Crippen LogP contribution is -2.40. The summed E-state index contributed by atoms with van der Waals surface area (Å²) < 4.78 is 99.5. The van der Waals surface area contributed by atoms with E-state index in [4.69, 9.17) is 11.7 Å². The van der Waals surface area contributed by atoms with Crippen LogP contribution in [0.1, 0.15) is 17.2 Å². The van der Waals surface area contributed by atoms with Crippen molar-refractivity contribution >= 4 is 6.34 Å². The van der Waals surface area contributed by atoms with Gasteiger partial charge in [-0.15, -0.1) is 13.2 Å². The van der Waals surface area contributed by atoms with E-state index < -0.39 is 53.4 Å². The number of pyridine rings is 1. The number of hydrazone groups is 1. The van der Waals surface area contributed by atoms with E-state index in [1.54, 1.807) is 0 Å². The third-order valence-electron chi connectivity index (χ3n) is 4.91. The lowest BCUT2D eigenvalue weighted by molar-refractivity contribution is -0.274. The van der Waals surface area contributed by atoms with Crippen molar-refractivity contribution in [1.29, 1.82) is 0 Å². The zero-order valence-corrected chi connectivity index (χ0v) is 17.7. The van der Waals surface area contributed by atoms with Crippen molar-refractivity contribution < 1.29 is 35.5 Å². The molecule has 0 aliphatic carbocycles. The van der Waals surface area contributed by atoms with E-state index >= 15 is 8.78 Å². The van der Waals surface area contributed by atoms with Crippen LogP contribution in [0.2, 0.25) is 0 Å². The van der Waals surface area contributed by atoms with Crippen molar-refractivity contribution in [1.82, 2.24) is 9.99 Å². The number of hydrogen-bond acceptors (Lipinski definition) is 5. The molecule has 3 rings (SSSR count). The predicted molar refractivity (Wildman–Crippen MR) is 113 cm³/mol. The molecule has 2 aromatic carbocycles. The van der Waals surface area contributed by atoms with E-state index in [0.717, 1.165) is 47.9 Å². The molecule has 4 N–H and O–H groups in total. The van der Waals surface area contributed by atoms with Crippen molar-refractivity contribution in [2.45, 2.75) is 18.2 Å². The van der Waals surface area contributed by atoms with Crippen LogP contribution < -0.4 is 16.4 Å². The number of rotatable bonds is 8. The molecule has 0 saturated heterocycles. The summed E-state index contributed by atoms with van der Waals surface area (Å²) in [5, 5.41) is 3.86. The number of ether oxygens (including phenoxy) is 1. The number of nitrogens with two attached hydrogens (primary N) is 2. The quantitative estimate of drug-likeness (QED) is 0.151. The maximum atomic E-state index is 15.5. The van der Waals surface area contributed by atoms with Gasteiger partial charge in [-0.3, -0.25) is 9.99 Å². The van der Waals surface area contributed by atoms with Crippen LogP contribution in [0.15, 0.2) is 65.9 Å². The first-order valence-corrected chi connectivity index (χ1v) is 9.81. The first-order valence-electron chi connectivity index (χ1n) is 9.81. The molecule has 1 heterocycles. The van der Waals surface area contributed by atoms with E-state index in [0.29, 0.717) is 17.2 Å². The Bertz CT molecular complexity index is 1170. The van der Waals surface area contributed by atoms with Crippen LogP contribution in [0.25, 0.3) is 11.1 Å². The topological polar surface area (TPSA) is 89.8 Å². The molecule has 0 amide bonds. The van der Waals surface area contributed by atoms with E-state index in [1.807, 2.05) is 0 Å². The summed E-state index contributed by atoms with van der Waals surface area (Å²) >= 11 is 0. The van der Waals surface area contributed by atoms with Crippen molar-refractivity contribution in [3.05, 3.63) is 83.7 Å². The van der Waals surface area contributed by atoms with Gasteiger partial charge in [-0.05, 0) is 35.4 Å². The first-order chi connectivity index (χ1) is 16.4. The van der Waals surface area contributed by atoms with Crippen LogP contribution in [0.5, 0.6) is 5.75 Å². The average Bonchev–Trinajstić information content (AvgIpc) is 2.78. The Balaban J connectivity index is 1.91. The maximum absolute atomic E-state index is 15.5. The van der Waals surface area contributed by atoms with Gasteiger partial charge >= 0.3 is 6.36 Å². The predicted octanol–water partition coefficient (Wildman–Crippen LogP) is 4.88. The second-order valence-corrected chi connectivity index (χ2v) is 7.31. The Kier molecular flexibility index (Phi) is 7.48. The molecule has 0 saturated carbocycles. The van der Waals surface area contributed by atoms with Gasteiger partial charge in [-0.1, -0.05) is 24.3 Å². The minimum absolute atomic E-state index is 0.323. The molecule has 1 aromatic heterocycles. The second kappa shape index (κ2) is 10.2. The van der Waals surface area contributed by atoms with Crippen LogP contribution in [-0.4, -0.2) is 29.2 Å². The number of alkyl halides is 5. The molecule has 0 bridgehead atoms. The van der Waals surface area contributed by atoms with Gasteiger partial charge in [0, 0.05) is 24.4 Å². The summed E-state index contributed by atoms with van der Waals surface area (Å²) in [7, 11) is 0. The standard InChI is InChI=1S/C22H18F7N5O/c23-15-4-7-17(19(24)9-15)18(11-34(31)12-33-30)21(25,26)20-8-3-14(10-32-20)13-1-5-16(6-2-13)35-22(27,28)29/h1-10,12,18H,11,30-31H2/b33-12-.